The Hall–Kier alpha value is -1.10. The van der Waals surface area contributed by atoms with Crippen molar-refractivity contribution in [3.8, 4) is 0 Å². The molecule has 0 unspecified atom stereocenters. The fourth-order valence-electron chi connectivity index (χ4n) is 1.05. The van der Waals surface area contributed by atoms with Gasteiger partial charge in [0.25, 0.3) is 5.56 Å². The van der Waals surface area contributed by atoms with Crippen LogP contribution in [0.15, 0.2) is 21.8 Å². The van der Waals surface area contributed by atoms with E-state index < -0.39 is 0 Å². The smallest absolute Gasteiger partial charge is 0.277 e. The number of aromatic nitrogens is 3. The van der Waals surface area contributed by atoms with Crippen LogP contribution in [0.25, 0.3) is 11.0 Å². The van der Waals surface area contributed by atoms with E-state index in [0.717, 1.165) is 4.60 Å². The highest BCUT2D eigenvalue weighted by molar-refractivity contribution is 9.10. The summed E-state index contributed by atoms with van der Waals surface area (Å²) in [6.07, 6.45) is 1.50. The predicted molar refractivity (Wildman–Crippen MR) is 49.0 cm³/mol. The van der Waals surface area contributed by atoms with Crippen LogP contribution in [0.5, 0.6) is 0 Å². The van der Waals surface area contributed by atoms with Crippen LogP contribution in [0.3, 0.4) is 0 Å². The number of aromatic amines is 1. The fraction of sp³-hybridized carbons (Fsp3) is 0.143. The molecule has 5 heteroatoms. The average Bonchev–Trinajstić information content (AvgIpc) is 2.39. The lowest BCUT2D eigenvalue weighted by Gasteiger charge is -1.93. The minimum Gasteiger partial charge on any atom is -0.343 e. The molecule has 0 aromatic carbocycles. The summed E-state index contributed by atoms with van der Waals surface area (Å²) >= 11 is 3.24. The molecule has 4 nitrogen and oxygen atoms in total. The van der Waals surface area contributed by atoms with E-state index in [2.05, 4.69) is 25.9 Å². The summed E-state index contributed by atoms with van der Waals surface area (Å²) in [6, 6.07) is 1.77. The zero-order valence-electron chi connectivity index (χ0n) is 6.34. The summed E-state index contributed by atoms with van der Waals surface area (Å²) in [5.74, 6) is 0. The quantitative estimate of drug-likeness (QED) is 0.731. The maximum Gasteiger partial charge on any atom is 0.277 e. The van der Waals surface area contributed by atoms with Crippen molar-refractivity contribution in [1.82, 2.24) is 14.5 Å². The molecule has 2 aromatic heterocycles. The number of halogens is 1. The van der Waals surface area contributed by atoms with E-state index in [-0.39, 0.29) is 5.56 Å². The van der Waals surface area contributed by atoms with Crippen molar-refractivity contribution < 1.29 is 0 Å². The Labute approximate surface area is 76.4 Å². The Morgan fingerprint density at radius 3 is 3.17 bits per heavy atom. The molecule has 0 aliphatic heterocycles. The van der Waals surface area contributed by atoms with Crippen LogP contribution in [-0.4, -0.2) is 14.5 Å². The third-order valence-electron chi connectivity index (χ3n) is 1.67. The molecule has 12 heavy (non-hydrogen) atoms. The van der Waals surface area contributed by atoms with Gasteiger partial charge in [-0.1, -0.05) is 0 Å². The Bertz CT molecular complexity index is 485. The van der Waals surface area contributed by atoms with Crippen molar-refractivity contribution in [2.75, 3.05) is 0 Å². The van der Waals surface area contributed by atoms with Gasteiger partial charge in [0.2, 0.25) is 0 Å². The van der Waals surface area contributed by atoms with Gasteiger partial charge in [0.15, 0.2) is 0 Å². The molecular formula is C7H6BrN3O. The Balaban J connectivity index is 2.99. The molecule has 0 fully saturated rings. The number of nitrogens with zero attached hydrogens (tertiary/aromatic N) is 2. The number of fused-ring (bicyclic) bond motifs is 1. The number of nitrogens with one attached hydrogen (secondary N) is 1. The second kappa shape index (κ2) is 2.45. The third kappa shape index (κ3) is 0.972. The van der Waals surface area contributed by atoms with E-state index in [1.165, 1.54) is 10.9 Å². The summed E-state index contributed by atoms with van der Waals surface area (Å²) in [6.45, 7) is 0. The summed E-state index contributed by atoms with van der Waals surface area (Å²) in [5.41, 5.74) is 1.16. The van der Waals surface area contributed by atoms with E-state index in [4.69, 9.17) is 0 Å². The van der Waals surface area contributed by atoms with Crippen LogP contribution < -0.4 is 5.56 Å². The van der Waals surface area contributed by atoms with Gasteiger partial charge >= 0.3 is 0 Å². The maximum atomic E-state index is 11.4. The molecule has 0 aliphatic carbocycles. The summed E-state index contributed by atoms with van der Waals surface area (Å²) in [5, 5.41) is 0. The lowest BCUT2D eigenvalue weighted by atomic mass is 10.4. The topological polar surface area (TPSA) is 50.7 Å². The number of hydrogen-bond acceptors (Lipinski definition) is 2. The van der Waals surface area contributed by atoms with Crippen molar-refractivity contribution in [3.05, 3.63) is 27.4 Å². The second-order valence-electron chi connectivity index (χ2n) is 2.54. The van der Waals surface area contributed by atoms with Crippen LogP contribution >= 0.6 is 15.9 Å². The molecule has 0 spiro atoms. The van der Waals surface area contributed by atoms with Crippen LogP contribution in [0.4, 0.5) is 0 Å². The number of aryl methyl sites for hydroxylation is 1. The Morgan fingerprint density at radius 1 is 1.67 bits per heavy atom. The van der Waals surface area contributed by atoms with Crippen LogP contribution in [-0.2, 0) is 7.05 Å². The normalized spacial score (nSPS) is 10.8. The standard InChI is InChI=1S/C7H6BrN3O/c1-11-3-9-4-2-5(8)10-6(4)7(11)12/h2-3,10H,1H3. The Kier molecular flexibility index (Phi) is 1.54. The molecule has 2 rings (SSSR count). The van der Waals surface area contributed by atoms with E-state index >= 15 is 0 Å². The van der Waals surface area contributed by atoms with Gasteiger partial charge in [-0.3, -0.25) is 4.79 Å². The van der Waals surface area contributed by atoms with Gasteiger partial charge in [0.05, 0.1) is 16.4 Å². The minimum atomic E-state index is -0.0642. The van der Waals surface area contributed by atoms with Gasteiger partial charge in [-0.05, 0) is 22.0 Å². The van der Waals surface area contributed by atoms with Gasteiger partial charge in [0.1, 0.15) is 5.52 Å². The SMILES string of the molecule is Cn1cnc2cc(Br)[nH]c2c1=O. The molecule has 2 aromatic rings. The molecule has 0 amide bonds. The molecule has 2 heterocycles. The van der Waals surface area contributed by atoms with E-state index in [9.17, 15) is 4.79 Å². The van der Waals surface area contributed by atoms with Crippen molar-refractivity contribution in [3.63, 3.8) is 0 Å². The van der Waals surface area contributed by atoms with E-state index in [1.807, 2.05) is 0 Å². The molecule has 0 atom stereocenters. The monoisotopic (exact) mass is 227 g/mol. The van der Waals surface area contributed by atoms with Crippen molar-refractivity contribution in [2.45, 2.75) is 0 Å². The highest BCUT2D eigenvalue weighted by Gasteiger charge is 2.03. The summed E-state index contributed by atoms with van der Waals surface area (Å²) < 4.78 is 2.21. The highest BCUT2D eigenvalue weighted by Crippen LogP contribution is 2.12. The van der Waals surface area contributed by atoms with Crippen LogP contribution in [0.2, 0.25) is 0 Å². The van der Waals surface area contributed by atoms with Crippen LogP contribution in [0.1, 0.15) is 0 Å². The van der Waals surface area contributed by atoms with E-state index in [0.29, 0.717) is 11.0 Å². The number of rotatable bonds is 0. The second-order valence-corrected chi connectivity index (χ2v) is 3.39. The first-order valence-electron chi connectivity index (χ1n) is 3.38. The average molecular weight is 228 g/mol. The lowest BCUT2D eigenvalue weighted by molar-refractivity contribution is 0.840. The van der Waals surface area contributed by atoms with Gasteiger partial charge in [-0.25, -0.2) is 4.98 Å². The van der Waals surface area contributed by atoms with Gasteiger partial charge in [-0.2, -0.15) is 0 Å². The highest BCUT2D eigenvalue weighted by atomic mass is 79.9. The first-order chi connectivity index (χ1) is 5.68. The zero-order chi connectivity index (χ0) is 8.72. The molecule has 1 N–H and O–H groups in total. The third-order valence-corrected chi connectivity index (χ3v) is 2.10. The first-order valence-corrected chi connectivity index (χ1v) is 4.17. The number of H-pyrrole nitrogens is 1. The first kappa shape index (κ1) is 7.54. The minimum absolute atomic E-state index is 0.0642. The molecule has 0 radical (unpaired) electrons. The van der Waals surface area contributed by atoms with Gasteiger partial charge < -0.3 is 9.55 Å². The van der Waals surface area contributed by atoms with E-state index in [1.54, 1.807) is 13.1 Å². The van der Waals surface area contributed by atoms with Gasteiger partial charge in [-0.15, -0.1) is 0 Å². The number of hydrogen-bond donors (Lipinski definition) is 1. The van der Waals surface area contributed by atoms with Crippen molar-refractivity contribution in [1.29, 1.82) is 0 Å². The largest absolute Gasteiger partial charge is 0.343 e. The Morgan fingerprint density at radius 2 is 2.42 bits per heavy atom. The molecule has 0 bridgehead atoms. The zero-order valence-corrected chi connectivity index (χ0v) is 7.92. The summed E-state index contributed by atoms with van der Waals surface area (Å²) in [7, 11) is 1.67. The molecule has 0 saturated carbocycles. The molecule has 62 valence electrons. The van der Waals surface area contributed by atoms with Crippen LogP contribution in [0, 0.1) is 0 Å². The lowest BCUT2D eigenvalue weighted by Crippen LogP contribution is -2.16. The molecular weight excluding hydrogens is 222 g/mol. The fourth-order valence-corrected chi connectivity index (χ4v) is 1.47. The van der Waals surface area contributed by atoms with Crippen molar-refractivity contribution >= 4 is 27.0 Å². The molecule has 0 aliphatic rings. The summed E-state index contributed by atoms with van der Waals surface area (Å²) in [4.78, 5) is 18.4. The molecule has 0 saturated heterocycles. The van der Waals surface area contributed by atoms with Gasteiger partial charge in [0, 0.05) is 7.05 Å². The van der Waals surface area contributed by atoms with Crippen molar-refractivity contribution in [2.24, 2.45) is 7.05 Å². The predicted octanol–water partition coefficient (Wildman–Crippen LogP) is 1.02. The maximum absolute atomic E-state index is 11.4.